The van der Waals surface area contributed by atoms with Gasteiger partial charge in [0.15, 0.2) is 22.5 Å². The van der Waals surface area contributed by atoms with Gasteiger partial charge in [-0.1, -0.05) is 24.6 Å². The molecular weight excluding hydrogens is 408 g/mol. The van der Waals surface area contributed by atoms with Crippen molar-refractivity contribution in [3.05, 3.63) is 62.7 Å². The van der Waals surface area contributed by atoms with E-state index in [1.807, 2.05) is 5.38 Å². The normalized spacial score (nSPS) is 18.2. The van der Waals surface area contributed by atoms with Crippen LogP contribution in [0.2, 0.25) is 5.02 Å². The maximum Gasteiger partial charge on any atom is 0.337 e. The number of esters is 1. The van der Waals surface area contributed by atoms with Gasteiger partial charge < -0.3 is 9.64 Å². The van der Waals surface area contributed by atoms with E-state index in [-0.39, 0.29) is 11.0 Å². The summed E-state index contributed by atoms with van der Waals surface area (Å²) in [6.45, 7) is 3.45. The van der Waals surface area contributed by atoms with E-state index in [0.29, 0.717) is 18.0 Å². The number of ether oxygens (including phenoxy) is 1. The standard InChI is InChI=1S/C13H15N3O2S.C6H3ClF2/c1-8-5-10-9(13(17)18-2)6-15-11(16(10)7-8)12-14-3-4-19-12;7-4-2-1-3-5(8)6(4)9/h3-4,8H,5-7H2,1-2H3;1-3H. The van der Waals surface area contributed by atoms with Crippen LogP contribution in [0, 0.1) is 17.6 Å². The molecule has 0 radical (unpaired) electrons. The number of hydrogen-bond acceptors (Lipinski definition) is 6. The Hall–Kier alpha value is -2.32. The van der Waals surface area contributed by atoms with Crippen LogP contribution in [0.1, 0.15) is 18.4 Å². The monoisotopic (exact) mass is 425 g/mol. The number of aliphatic imine (C=N–C) groups is 1. The summed E-state index contributed by atoms with van der Waals surface area (Å²) in [5.74, 6) is -0.766. The molecule has 1 aromatic heterocycles. The third-order valence-electron chi connectivity index (χ3n) is 4.31. The van der Waals surface area contributed by atoms with Crippen molar-refractivity contribution in [1.29, 1.82) is 0 Å². The quantitative estimate of drug-likeness (QED) is 0.532. The Bertz CT molecular complexity index is 911. The number of benzene rings is 1. The first-order valence-corrected chi connectivity index (χ1v) is 9.79. The first-order chi connectivity index (χ1) is 13.4. The fourth-order valence-electron chi connectivity index (χ4n) is 3.06. The SMILES string of the molecule is COC(=O)C1=C2CC(C)CN2C(c2nccs2)=NC1.Fc1cccc(Cl)c1F. The minimum atomic E-state index is -0.987. The van der Waals surface area contributed by atoms with Gasteiger partial charge in [0.2, 0.25) is 0 Å². The number of methoxy groups -OCH3 is 1. The lowest BCUT2D eigenvalue weighted by Gasteiger charge is -2.26. The minimum Gasteiger partial charge on any atom is -0.466 e. The largest absolute Gasteiger partial charge is 0.466 e. The molecule has 2 aromatic rings. The predicted molar refractivity (Wildman–Crippen MR) is 104 cm³/mol. The summed E-state index contributed by atoms with van der Waals surface area (Å²) in [5.41, 5.74) is 1.74. The molecule has 0 spiro atoms. The van der Waals surface area contributed by atoms with Gasteiger partial charge in [-0.05, 0) is 24.5 Å². The molecular formula is C19H18ClF2N3O2S. The van der Waals surface area contributed by atoms with Crippen LogP contribution in [0.25, 0.3) is 0 Å². The van der Waals surface area contributed by atoms with Gasteiger partial charge in [-0.2, -0.15) is 0 Å². The number of carbonyl (C=O) groups excluding carboxylic acids is 1. The summed E-state index contributed by atoms with van der Waals surface area (Å²) >= 11 is 6.77. The number of amidine groups is 1. The summed E-state index contributed by atoms with van der Waals surface area (Å²) in [6, 6.07) is 3.65. The Morgan fingerprint density at radius 2 is 2.18 bits per heavy atom. The first-order valence-electron chi connectivity index (χ1n) is 8.54. The maximum absolute atomic E-state index is 12.2. The molecule has 9 heteroatoms. The van der Waals surface area contributed by atoms with Crippen molar-refractivity contribution < 1.29 is 18.3 Å². The number of halogens is 3. The van der Waals surface area contributed by atoms with E-state index in [4.69, 9.17) is 16.3 Å². The van der Waals surface area contributed by atoms with Gasteiger partial charge in [0.05, 0.1) is 24.3 Å². The smallest absolute Gasteiger partial charge is 0.337 e. The van der Waals surface area contributed by atoms with Crippen LogP contribution >= 0.6 is 22.9 Å². The molecule has 148 valence electrons. The Morgan fingerprint density at radius 1 is 1.39 bits per heavy atom. The number of hydrogen-bond donors (Lipinski definition) is 0. The molecule has 1 fully saturated rings. The number of nitrogens with zero attached hydrogens (tertiary/aromatic N) is 3. The van der Waals surface area contributed by atoms with Crippen molar-refractivity contribution >= 4 is 34.7 Å². The predicted octanol–water partition coefficient (Wildman–Crippen LogP) is 4.29. The molecule has 0 bridgehead atoms. The molecule has 5 nitrogen and oxygen atoms in total. The zero-order valence-electron chi connectivity index (χ0n) is 15.3. The minimum absolute atomic E-state index is 0.185. The van der Waals surface area contributed by atoms with E-state index >= 15 is 0 Å². The molecule has 1 saturated heterocycles. The Labute approximate surface area is 170 Å². The van der Waals surface area contributed by atoms with Crippen LogP contribution in [0.5, 0.6) is 0 Å². The van der Waals surface area contributed by atoms with Gasteiger partial charge in [0.1, 0.15) is 0 Å². The van der Waals surface area contributed by atoms with Gasteiger partial charge in [-0.15, -0.1) is 11.3 Å². The number of rotatable bonds is 2. The topological polar surface area (TPSA) is 54.8 Å². The van der Waals surface area contributed by atoms with Crippen LogP contribution < -0.4 is 0 Å². The van der Waals surface area contributed by atoms with Crippen LogP contribution in [0.4, 0.5) is 8.78 Å². The molecule has 4 rings (SSSR count). The Kier molecular flexibility index (Phi) is 6.41. The highest BCUT2D eigenvalue weighted by Crippen LogP contribution is 2.34. The van der Waals surface area contributed by atoms with Gasteiger partial charge in [-0.3, -0.25) is 4.99 Å². The van der Waals surface area contributed by atoms with Crippen LogP contribution in [0.15, 0.2) is 46.0 Å². The van der Waals surface area contributed by atoms with Crippen molar-refractivity contribution in [3.8, 4) is 0 Å². The zero-order valence-corrected chi connectivity index (χ0v) is 16.9. The molecule has 3 heterocycles. The van der Waals surface area contributed by atoms with Gasteiger partial charge in [0.25, 0.3) is 0 Å². The summed E-state index contributed by atoms with van der Waals surface area (Å²) in [6.07, 6.45) is 2.68. The summed E-state index contributed by atoms with van der Waals surface area (Å²) in [7, 11) is 1.42. The number of fused-ring (bicyclic) bond motifs is 1. The molecule has 2 aliphatic heterocycles. The average molecular weight is 426 g/mol. The van der Waals surface area contributed by atoms with E-state index in [2.05, 4.69) is 21.8 Å². The van der Waals surface area contributed by atoms with Crippen molar-refractivity contribution in [1.82, 2.24) is 9.88 Å². The summed E-state index contributed by atoms with van der Waals surface area (Å²) in [4.78, 5) is 22.8. The van der Waals surface area contributed by atoms with Crippen LogP contribution in [0.3, 0.4) is 0 Å². The summed E-state index contributed by atoms with van der Waals surface area (Å²) < 4.78 is 29.2. The summed E-state index contributed by atoms with van der Waals surface area (Å²) in [5, 5.41) is 2.67. The lowest BCUT2D eigenvalue weighted by atomic mass is 10.1. The average Bonchev–Trinajstić information content (AvgIpc) is 3.34. The molecule has 1 unspecified atom stereocenters. The Balaban J connectivity index is 0.000000211. The van der Waals surface area contributed by atoms with E-state index in [1.165, 1.54) is 19.2 Å². The van der Waals surface area contributed by atoms with E-state index in [9.17, 15) is 13.6 Å². The van der Waals surface area contributed by atoms with Gasteiger partial charge >= 0.3 is 5.97 Å². The third-order valence-corrected chi connectivity index (χ3v) is 5.37. The molecule has 0 N–H and O–H groups in total. The molecule has 1 atom stereocenters. The van der Waals surface area contributed by atoms with Crippen molar-refractivity contribution in [2.75, 3.05) is 20.2 Å². The number of thiazole rings is 1. The molecule has 2 aliphatic rings. The van der Waals surface area contributed by atoms with Crippen molar-refractivity contribution in [2.24, 2.45) is 10.9 Å². The number of aromatic nitrogens is 1. The van der Waals surface area contributed by atoms with E-state index in [1.54, 1.807) is 17.5 Å². The fraction of sp³-hybridized carbons (Fsp3) is 0.316. The lowest BCUT2D eigenvalue weighted by molar-refractivity contribution is -0.136. The maximum atomic E-state index is 12.2. The van der Waals surface area contributed by atoms with Gasteiger partial charge in [0, 0.05) is 23.8 Å². The van der Waals surface area contributed by atoms with Crippen LogP contribution in [-0.4, -0.2) is 41.9 Å². The fourth-order valence-corrected chi connectivity index (χ4v) is 3.87. The highest BCUT2D eigenvalue weighted by molar-refractivity contribution is 7.11. The van der Waals surface area contributed by atoms with Crippen molar-refractivity contribution in [3.63, 3.8) is 0 Å². The highest BCUT2D eigenvalue weighted by atomic mass is 35.5. The Morgan fingerprint density at radius 3 is 2.79 bits per heavy atom. The molecule has 1 aromatic carbocycles. The van der Waals surface area contributed by atoms with Crippen LogP contribution in [-0.2, 0) is 9.53 Å². The second-order valence-electron chi connectivity index (χ2n) is 6.35. The molecule has 0 amide bonds. The lowest BCUT2D eigenvalue weighted by Crippen LogP contribution is -2.34. The highest BCUT2D eigenvalue weighted by Gasteiger charge is 2.35. The third kappa shape index (κ3) is 4.23. The van der Waals surface area contributed by atoms with E-state index in [0.717, 1.165) is 35.6 Å². The molecule has 0 aliphatic carbocycles. The zero-order chi connectivity index (χ0) is 20.3. The number of allylic oxidation sites excluding steroid dienone is 1. The number of carbonyl (C=O) groups is 1. The molecule has 28 heavy (non-hydrogen) atoms. The first kappa shape index (κ1) is 20.4. The second kappa shape index (κ2) is 8.79. The van der Waals surface area contributed by atoms with Gasteiger partial charge in [-0.25, -0.2) is 18.6 Å². The van der Waals surface area contributed by atoms with Crippen molar-refractivity contribution in [2.45, 2.75) is 13.3 Å². The second-order valence-corrected chi connectivity index (χ2v) is 7.65. The van der Waals surface area contributed by atoms with E-state index < -0.39 is 11.6 Å². The molecule has 0 saturated carbocycles.